The molecule has 86 valence electrons. The third-order valence-corrected chi connectivity index (χ3v) is 3.36. The average molecular weight is 227 g/mol. The summed E-state index contributed by atoms with van der Waals surface area (Å²) in [6.45, 7) is 0.897. The molecule has 0 aromatic heterocycles. The molecule has 2 aromatic carbocycles. The molecule has 1 atom stereocenters. The minimum Gasteiger partial charge on any atom is -0.384 e. The number of rotatable bonds is 2. The summed E-state index contributed by atoms with van der Waals surface area (Å²) in [4.78, 5) is 0. The van der Waals surface area contributed by atoms with Gasteiger partial charge in [-0.3, -0.25) is 0 Å². The number of hydrogen-bond donors (Lipinski definition) is 1. The van der Waals surface area contributed by atoms with Crippen LogP contribution in [0.15, 0.2) is 48.5 Å². The number of anilines is 1. The van der Waals surface area contributed by atoms with E-state index in [0.717, 1.165) is 18.5 Å². The van der Waals surface area contributed by atoms with Gasteiger partial charge in [0.05, 0.1) is 0 Å². The van der Waals surface area contributed by atoms with Crippen LogP contribution in [0.5, 0.6) is 0 Å². The lowest BCUT2D eigenvalue weighted by Crippen LogP contribution is -2.06. The molecule has 1 unspecified atom stereocenters. The molecule has 2 heteroatoms. The lowest BCUT2D eigenvalue weighted by atomic mass is 9.93. The van der Waals surface area contributed by atoms with Crippen molar-refractivity contribution in [3.63, 3.8) is 0 Å². The van der Waals surface area contributed by atoms with Gasteiger partial charge in [-0.05, 0) is 29.7 Å². The van der Waals surface area contributed by atoms with Gasteiger partial charge in [-0.25, -0.2) is 4.39 Å². The zero-order chi connectivity index (χ0) is 11.7. The van der Waals surface area contributed by atoms with Gasteiger partial charge in [-0.1, -0.05) is 36.4 Å². The van der Waals surface area contributed by atoms with Gasteiger partial charge in [0.1, 0.15) is 5.82 Å². The summed E-state index contributed by atoms with van der Waals surface area (Å²) in [6.07, 6.45) is 0.761. The fourth-order valence-corrected chi connectivity index (χ4v) is 2.47. The third kappa shape index (κ3) is 1.91. The fourth-order valence-electron chi connectivity index (χ4n) is 2.47. The molecule has 0 fully saturated rings. The molecule has 0 aliphatic carbocycles. The normalized spacial score (nSPS) is 17.6. The second-order valence-electron chi connectivity index (χ2n) is 4.46. The minimum absolute atomic E-state index is 0.100. The van der Waals surface area contributed by atoms with Crippen LogP contribution in [0.4, 0.5) is 10.1 Å². The van der Waals surface area contributed by atoms with E-state index in [2.05, 4.69) is 17.4 Å². The number of nitrogens with one attached hydrogen (secondary N) is 1. The second-order valence-corrected chi connectivity index (χ2v) is 4.46. The van der Waals surface area contributed by atoms with Crippen molar-refractivity contribution in [3.8, 4) is 0 Å². The fraction of sp³-hybridized carbons (Fsp3) is 0.200. The average Bonchev–Trinajstić information content (AvgIpc) is 2.76. The Labute approximate surface area is 100 Å². The molecule has 1 nitrogen and oxygen atoms in total. The van der Waals surface area contributed by atoms with Crippen molar-refractivity contribution < 1.29 is 4.39 Å². The number of hydrogen-bond acceptors (Lipinski definition) is 1. The van der Waals surface area contributed by atoms with Gasteiger partial charge in [0, 0.05) is 18.2 Å². The first-order valence-corrected chi connectivity index (χ1v) is 5.91. The summed E-state index contributed by atoms with van der Waals surface area (Å²) in [6, 6.07) is 15.3. The van der Waals surface area contributed by atoms with Gasteiger partial charge in [-0.2, -0.15) is 0 Å². The molecule has 0 spiro atoms. The third-order valence-electron chi connectivity index (χ3n) is 3.36. The highest BCUT2D eigenvalue weighted by Crippen LogP contribution is 2.33. The van der Waals surface area contributed by atoms with Gasteiger partial charge < -0.3 is 5.32 Å². The first-order chi connectivity index (χ1) is 8.34. The van der Waals surface area contributed by atoms with Crippen LogP contribution in [-0.4, -0.2) is 6.54 Å². The largest absolute Gasteiger partial charge is 0.384 e. The number of halogens is 1. The number of benzene rings is 2. The van der Waals surface area contributed by atoms with E-state index < -0.39 is 0 Å². The van der Waals surface area contributed by atoms with Gasteiger partial charge >= 0.3 is 0 Å². The molecule has 1 aliphatic rings. The van der Waals surface area contributed by atoms with Crippen LogP contribution < -0.4 is 5.32 Å². The van der Waals surface area contributed by atoms with Crippen molar-refractivity contribution in [3.05, 3.63) is 65.5 Å². The molecular formula is C15H14FN. The highest BCUT2D eigenvalue weighted by Gasteiger charge is 2.22. The van der Waals surface area contributed by atoms with E-state index >= 15 is 0 Å². The Morgan fingerprint density at radius 1 is 1.06 bits per heavy atom. The molecule has 17 heavy (non-hydrogen) atoms. The number of fused-ring (bicyclic) bond motifs is 1. The van der Waals surface area contributed by atoms with Crippen molar-refractivity contribution in [1.82, 2.24) is 0 Å². The Bertz CT molecular complexity index is 536. The van der Waals surface area contributed by atoms with Gasteiger partial charge in [0.15, 0.2) is 0 Å². The first kappa shape index (κ1) is 10.3. The minimum atomic E-state index is -0.100. The molecule has 0 amide bonds. The van der Waals surface area contributed by atoms with Gasteiger partial charge in [0.2, 0.25) is 0 Å². The predicted molar refractivity (Wildman–Crippen MR) is 67.8 cm³/mol. The summed E-state index contributed by atoms with van der Waals surface area (Å²) in [5, 5.41) is 3.37. The van der Waals surface area contributed by atoms with Crippen LogP contribution in [0.1, 0.15) is 17.0 Å². The molecule has 2 aromatic rings. The molecular weight excluding hydrogens is 213 g/mol. The Morgan fingerprint density at radius 3 is 2.71 bits per heavy atom. The Hall–Kier alpha value is -1.83. The van der Waals surface area contributed by atoms with E-state index in [4.69, 9.17) is 0 Å². The van der Waals surface area contributed by atoms with Crippen LogP contribution in [0.3, 0.4) is 0 Å². The summed E-state index contributed by atoms with van der Waals surface area (Å²) in [5.41, 5.74) is 3.29. The molecule has 1 N–H and O–H groups in total. The van der Waals surface area contributed by atoms with E-state index in [1.54, 1.807) is 6.07 Å². The van der Waals surface area contributed by atoms with Crippen molar-refractivity contribution in [2.45, 2.75) is 12.3 Å². The molecule has 0 radical (unpaired) electrons. The summed E-state index contributed by atoms with van der Waals surface area (Å²) in [7, 11) is 0. The molecule has 0 saturated heterocycles. The maximum Gasteiger partial charge on any atom is 0.126 e. The van der Waals surface area contributed by atoms with E-state index in [0.29, 0.717) is 5.92 Å². The Balaban J connectivity index is 1.87. The van der Waals surface area contributed by atoms with Gasteiger partial charge in [0.25, 0.3) is 0 Å². The van der Waals surface area contributed by atoms with Crippen LogP contribution in [0, 0.1) is 5.82 Å². The second kappa shape index (κ2) is 4.21. The Morgan fingerprint density at radius 2 is 1.82 bits per heavy atom. The van der Waals surface area contributed by atoms with E-state index in [1.807, 2.05) is 24.3 Å². The smallest absolute Gasteiger partial charge is 0.126 e. The SMILES string of the molecule is Fc1ccccc1CC1CNc2ccccc21. The van der Waals surface area contributed by atoms with Crippen molar-refractivity contribution >= 4 is 5.69 Å². The zero-order valence-corrected chi connectivity index (χ0v) is 9.49. The maximum atomic E-state index is 13.6. The predicted octanol–water partition coefficient (Wildman–Crippen LogP) is 3.58. The van der Waals surface area contributed by atoms with Gasteiger partial charge in [-0.15, -0.1) is 0 Å². The standard InChI is InChI=1S/C15H14FN/c16-14-7-3-1-5-11(14)9-12-10-17-15-8-4-2-6-13(12)15/h1-8,12,17H,9-10H2. The van der Waals surface area contributed by atoms with Crippen molar-refractivity contribution in [2.75, 3.05) is 11.9 Å². The lowest BCUT2D eigenvalue weighted by Gasteiger charge is -2.10. The highest BCUT2D eigenvalue weighted by atomic mass is 19.1. The lowest BCUT2D eigenvalue weighted by molar-refractivity contribution is 0.597. The molecule has 3 rings (SSSR count). The van der Waals surface area contributed by atoms with Crippen LogP contribution in [0.2, 0.25) is 0 Å². The summed E-state index contributed by atoms with van der Waals surface area (Å²) < 4.78 is 13.6. The number of para-hydroxylation sites is 1. The van der Waals surface area contributed by atoms with Crippen molar-refractivity contribution in [1.29, 1.82) is 0 Å². The Kier molecular flexibility index (Phi) is 2.56. The highest BCUT2D eigenvalue weighted by molar-refractivity contribution is 5.57. The quantitative estimate of drug-likeness (QED) is 0.827. The summed E-state index contributed by atoms with van der Waals surface area (Å²) >= 11 is 0. The summed E-state index contributed by atoms with van der Waals surface area (Å²) in [5.74, 6) is 0.278. The van der Waals surface area contributed by atoms with E-state index in [-0.39, 0.29) is 5.82 Å². The molecule has 1 heterocycles. The zero-order valence-electron chi connectivity index (χ0n) is 9.49. The molecule has 0 bridgehead atoms. The maximum absolute atomic E-state index is 13.6. The monoisotopic (exact) mass is 227 g/mol. The topological polar surface area (TPSA) is 12.0 Å². The molecule has 0 saturated carbocycles. The molecule has 1 aliphatic heterocycles. The first-order valence-electron chi connectivity index (χ1n) is 5.91. The van der Waals surface area contributed by atoms with Crippen molar-refractivity contribution in [2.24, 2.45) is 0 Å². The van der Waals surface area contributed by atoms with E-state index in [9.17, 15) is 4.39 Å². The van der Waals surface area contributed by atoms with Crippen LogP contribution in [-0.2, 0) is 6.42 Å². The van der Waals surface area contributed by atoms with E-state index in [1.165, 1.54) is 17.3 Å². The van der Waals surface area contributed by atoms with Crippen LogP contribution >= 0.6 is 0 Å². The van der Waals surface area contributed by atoms with Crippen LogP contribution in [0.25, 0.3) is 0 Å².